The molecule has 138 valence electrons. The molecule has 1 aliphatic heterocycles. The van der Waals surface area contributed by atoms with Crippen molar-refractivity contribution in [2.75, 3.05) is 13.1 Å². The normalized spacial score (nSPS) is 25.0. The molecule has 2 aliphatic rings. The second-order valence-electron chi connectivity index (χ2n) is 7.18. The fourth-order valence-electron chi connectivity index (χ4n) is 3.71. The second-order valence-corrected chi connectivity index (χ2v) is 7.18. The summed E-state index contributed by atoms with van der Waals surface area (Å²) in [5, 5.41) is 12.9. The molecule has 0 spiro atoms. The molecular weight excluding hydrogens is 340 g/mol. The molecule has 25 heavy (non-hydrogen) atoms. The van der Waals surface area contributed by atoms with Gasteiger partial charge in [0.1, 0.15) is 5.82 Å². The maximum Gasteiger partial charge on any atom is 0.419 e. The molecule has 1 saturated carbocycles. The smallest absolute Gasteiger partial charge is 0.419 e. The van der Waals surface area contributed by atoms with Gasteiger partial charge in [0.25, 0.3) is 0 Å². The van der Waals surface area contributed by atoms with Crippen LogP contribution in [0, 0.1) is 5.82 Å². The predicted octanol–water partition coefficient (Wildman–Crippen LogP) is 3.96. The monoisotopic (exact) mass is 360 g/mol. The van der Waals surface area contributed by atoms with E-state index in [1.165, 1.54) is 11.0 Å². The molecule has 0 radical (unpaired) electrons. The lowest BCUT2D eigenvalue weighted by Gasteiger charge is -2.37. The standard InChI is InChI=1S/C17H20F4N2O2/c1-15(5-2-8-22-15)10-23(14(24)25)16(6-7-16)11-3-4-13(18)12(9-11)17(19,20)21/h3-4,9,22H,2,5-8,10H2,1H3,(H,24,25)/t15-/m1/s1. The first-order chi connectivity index (χ1) is 11.6. The molecule has 1 saturated heterocycles. The Morgan fingerprint density at radius 3 is 2.48 bits per heavy atom. The molecule has 2 fully saturated rings. The van der Waals surface area contributed by atoms with E-state index in [1.807, 2.05) is 6.92 Å². The molecular formula is C17H20F4N2O2. The summed E-state index contributed by atoms with van der Waals surface area (Å²) in [4.78, 5) is 13.1. The molecule has 1 heterocycles. The minimum absolute atomic E-state index is 0.182. The molecule has 0 bridgehead atoms. The first-order valence-corrected chi connectivity index (χ1v) is 8.20. The summed E-state index contributed by atoms with van der Waals surface area (Å²) in [5.41, 5.74) is -2.56. The highest BCUT2D eigenvalue weighted by atomic mass is 19.4. The highest BCUT2D eigenvalue weighted by molar-refractivity contribution is 5.68. The van der Waals surface area contributed by atoms with Gasteiger partial charge in [-0.2, -0.15) is 13.2 Å². The van der Waals surface area contributed by atoms with Crippen LogP contribution < -0.4 is 5.32 Å². The summed E-state index contributed by atoms with van der Waals surface area (Å²) in [6.45, 7) is 2.88. The Bertz CT molecular complexity index is 680. The molecule has 1 aromatic carbocycles. The number of nitrogens with zero attached hydrogens (tertiary/aromatic N) is 1. The highest BCUT2D eigenvalue weighted by Crippen LogP contribution is 2.52. The van der Waals surface area contributed by atoms with Crippen molar-refractivity contribution in [1.29, 1.82) is 0 Å². The van der Waals surface area contributed by atoms with E-state index < -0.39 is 34.7 Å². The van der Waals surface area contributed by atoms with E-state index in [0.29, 0.717) is 12.8 Å². The zero-order valence-corrected chi connectivity index (χ0v) is 13.8. The van der Waals surface area contributed by atoms with Crippen LogP contribution in [0.2, 0.25) is 0 Å². The van der Waals surface area contributed by atoms with Crippen LogP contribution in [0.1, 0.15) is 43.7 Å². The van der Waals surface area contributed by atoms with Crippen LogP contribution in [0.25, 0.3) is 0 Å². The lowest BCUT2D eigenvalue weighted by Crippen LogP contribution is -2.52. The van der Waals surface area contributed by atoms with E-state index in [9.17, 15) is 27.5 Å². The average Bonchev–Trinajstić information content (AvgIpc) is 3.20. The van der Waals surface area contributed by atoms with E-state index >= 15 is 0 Å². The van der Waals surface area contributed by atoms with Crippen molar-refractivity contribution in [2.45, 2.75) is 49.9 Å². The maximum atomic E-state index is 13.6. The van der Waals surface area contributed by atoms with Crippen LogP contribution in [0.3, 0.4) is 0 Å². The Hall–Kier alpha value is -1.83. The number of carboxylic acid groups (broad SMARTS) is 1. The molecule has 4 nitrogen and oxygen atoms in total. The van der Waals surface area contributed by atoms with Crippen LogP contribution in [0.5, 0.6) is 0 Å². The van der Waals surface area contributed by atoms with Crippen LogP contribution in [-0.2, 0) is 11.7 Å². The molecule has 1 aromatic rings. The molecule has 3 rings (SSSR count). The number of hydrogen-bond donors (Lipinski definition) is 2. The number of benzene rings is 1. The van der Waals surface area contributed by atoms with Crippen molar-refractivity contribution >= 4 is 6.09 Å². The van der Waals surface area contributed by atoms with Crippen molar-refractivity contribution in [2.24, 2.45) is 0 Å². The summed E-state index contributed by atoms with van der Waals surface area (Å²) in [6.07, 6.45) is -3.42. The Labute approximate surface area is 142 Å². The number of halogens is 4. The third-order valence-corrected chi connectivity index (χ3v) is 5.24. The van der Waals surface area contributed by atoms with Gasteiger partial charge in [0, 0.05) is 12.1 Å². The zero-order valence-electron chi connectivity index (χ0n) is 13.8. The van der Waals surface area contributed by atoms with Gasteiger partial charge in [0.05, 0.1) is 11.1 Å². The van der Waals surface area contributed by atoms with Gasteiger partial charge in [-0.1, -0.05) is 6.07 Å². The molecule has 1 aliphatic carbocycles. The third kappa shape index (κ3) is 3.31. The fourth-order valence-corrected chi connectivity index (χ4v) is 3.71. The van der Waals surface area contributed by atoms with Gasteiger partial charge in [-0.3, -0.25) is 4.90 Å². The molecule has 2 N–H and O–H groups in total. The van der Waals surface area contributed by atoms with E-state index in [0.717, 1.165) is 31.5 Å². The molecule has 1 atom stereocenters. The van der Waals surface area contributed by atoms with Crippen molar-refractivity contribution in [3.05, 3.63) is 35.1 Å². The summed E-state index contributed by atoms with van der Waals surface area (Å²) in [6, 6.07) is 2.79. The van der Waals surface area contributed by atoms with E-state index in [-0.39, 0.29) is 12.1 Å². The maximum absolute atomic E-state index is 13.6. The predicted molar refractivity (Wildman–Crippen MR) is 82.7 cm³/mol. The zero-order chi connectivity index (χ0) is 18.5. The number of carbonyl (C=O) groups is 1. The number of rotatable bonds is 4. The number of hydrogen-bond acceptors (Lipinski definition) is 2. The Balaban J connectivity index is 1.95. The topological polar surface area (TPSA) is 52.6 Å². The van der Waals surface area contributed by atoms with Crippen molar-refractivity contribution in [1.82, 2.24) is 10.2 Å². The van der Waals surface area contributed by atoms with Crippen molar-refractivity contribution in [3.8, 4) is 0 Å². The van der Waals surface area contributed by atoms with E-state index in [1.54, 1.807) is 0 Å². The van der Waals surface area contributed by atoms with Crippen LogP contribution in [-0.4, -0.2) is 34.7 Å². The lowest BCUT2D eigenvalue weighted by atomic mass is 9.95. The van der Waals surface area contributed by atoms with Gasteiger partial charge in [-0.25, -0.2) is 9.18 Å². The van der Waals surface area contributed by atoms with Gasteiger partial charge in [-0.05, 0) is 56.8 Å². The first kappa shape index (κ1) is 18.0. The van der Waals surface area contributed by atoms with E-state index in [4.69, 9.17) is 0 Å². The van der Waals surface area contributed by atoms with Crippen molar-refractivity contribution < 1.29 is 27.5 Å². The largest absolute Gasteiger partial charge is 0.465 e. The number of amides is 1. The fraction of sp³-hybridized carbons (Fsp3) is 0.588. The van der Waals surface area contributed by atoms with Crippen LogP contribution >= 0.6 is 0 Å². The van der Waals surface area contributed by atoms with Crippen LogP contribution in [0.15, 0.2) is 18.2 Å². The Morgan fingerprint density at radius 1 is 1.32 bits per heavy atom. The number of nitrogens with one attached hydrogen (secondary N) is 1. The minimum atomic E-state index is -4.82. The van der Waals surface area contributed by atoms with Gasteiger partial charge in [0.15, 0.2) is 0 Å². The van der Waals surface area contributed by atoms with Crippen molar-refractivity contribution in [3.63, 3.8) is 0 Å². The minimum Gasteiger partial charge on any atom is -0.465 e. The molecule has 0 unspecified atom stereocenters. The summed E-state index contributed by atoms with van der Waals surface area (Å²) in [5.74, 6) is -1.35. The summed E-state index contributed by atoms with van der Waals surface area (Å²) in [7, 11) is 0. The molecule has 1 amide bonds. The second kappa shape index (κ2) is 5.86. The van der Waals surface area contributed by atoms with Gasteiger partial charge in [-0.15, -0.1) is 0 Å². The summed E-state index contributed by atoms with van der Waals surface area (Å²) < 4.78 is 52.6. The van der Waals surface area contributed by atoms with E-state index in [2.05, 4.69) is 5.32 Å². The molecule has 0 aromatic heterocycles. The van der Waals surface area contributed by atoms with Gasteiger partial charge >= 0.3 is 12.3 Å². The average molecular weight is 360 g/mol. The SMILES string of the molecule is C[C@]1(CN(C(=O)O)C2(c3ccc(F)c(C(F)(F)F)c3)CC2)CCCN1. The molecule has 8 heteroatoms. The quantitative estimate of drug-likeness (QED) is 0.800. The van der Waals surface area contributed by atoms with Gasteiger partial charge < -0.3 is 10.4 Å². The third-order valence-electron chi connectivity index (χ3n) is 5.24. The highest BCUT2D eigenvalue weighted by Gasteiger charge is 2.54. The van der Waals surface area contributed by atoms with Crippen LogP contribution in [0.4, 0.5) is 22.4 Å². The Kier molecular flexibility index (Phi) is 4.21. The van der Waals surface area contributed by atoms with Gasteiger partial charge in [0.2, 0.25) is 0 Å². The number of alkyl halides is 3. The first-order valence-electron chi connectivity index (χ1n) is 8.20. The summed E-state index contributed by atoms with van der Waals surface area (Å²) >= 11 is 0. The lowest BCUT2D eigenvalue weighted by molar-refractivity contribution is -0.140. The Morgan fingerprint density at radius 2 is 2.00 bits per heavy atom.